The molecule has 1 aromatic heterocycles. The SMILES string of the molecule is CCCn1cc([C@@H]2O[C@H](COP(=O)(O)OP(=O)(O)OP(=O)(O)O)[C@@H](O)[C@H]2O)c(=O)[nH]c1=O. The third-order valence-corrected chi connectivity index (χ3v) is 7.79. The number of hydrogen-bond donors (Lipinski definition) is 7. The van der Waals surface area contributed by atoms with Gasteiger partial charge < -0.3 is 39.1 Å². The molecule has 7 N–H and O–H groups in total. The van der Waals surface area contributed by atoms with Crippen molar-refractivity contribution < 1.29 is 61.4 Å². The summed E-state index contributed by atoms with van der Waals surface area (Å²) in [5, 5.41) is 20.3. The minimum absolute atomic E-state index is 0.226. The summed E-state index contributed by atoms with van der Waals surface area (Å²) in [7, 11) is -16.8. The minimum atomic E-state index is -5.74. The van der Waals surface area contributed by atoms with Crippen LogP contribution in [0.3, 0.4) is 0 Å². The zero-order chi connectivity index (χ0) is 24.5. The van der Waals surface area contributed by atoms with Gasteiger partial charge in [-0.15, -0.1) is 0 Å². The summed E-state index contributed by atoms with van der Waals surface area (Å²) in [6.07, 6.45) is -4.91. The van der Waals surface area contributed by atoms with Gasteiger partial charge in [0.05, 0.1) is 12.2 Å². The van der Waals surface area contributed by atoms with E-state index in [4.69, 9.17) is 19.4 Å². The van der Waals surface area contributed by atoms with Gasteiger partial charge in [0.25, 0.3) is 5.56 Å². The topological polar surface area (TPSA) is 264 Å². The molecule has 20 heteroatoms. The lowest BCUT2D eigenvalue weighted by Crippen LogP contribution is -2.36. The molecule has 1 saturated heterocycles. The molecule has 2 unspecified atom stereocenters. The Hall–Kier alpha value is -1.03. The summed E-state index contributed by atoms with van der Waals surface area (Å²) in [6.45, 7) is 0.953. The van der Waals surface area contributed by atoms with E-state index in [1.807, 2.05) is 4.98 Å². The first kappa shape index (κ1) is 27.2. The van der Waals surface area contributed by atoms with E-state index in [1.165, 1.54) is 0 Å². The fourth-order valence-corrected chi connectivity index (χ4v) is 5.78. The molecule has 0 aromatic carbocycles. The van der Waals surface area contributed by atoms with Gasteiger partial charge in [-0.25, -0.2) is 18.5 Å². The normalized spacial score (nSPS) is 27.7. The smallest absolute Gasteiger partial charge is 0.387 e. The lowest BCUT2D eigenvalue weighted by molar-refractivity contribution is -0.0228. The molecule has 1 fully saturated rings. The van der Waals surface area contributed by atoms with Crippen molar-refractivity contribution in [2.45, 2.75) is 44.3 Å². The Bertz CT molecular complexity index is 1080. The molecule has 6 atom stereocenters. The molecule has 184 valence electrons. The van der Waals surface area contributed by atoms with Crippen LogP contribution in [0.2, 0.25) is 0 Å². The number of aryl methyl sites for hydroxylation is 1. The number of nitrogens with one attached hydrogen (secondary N) is 1. The number of rotatable bonds is 10. The molecular formula is C12H21N2O15P3. The second kappa shape index (κ2) is 10.1. The summed E-state index contributed by atoms with van der Waals surface area (Å²) in [6, 6.07) is 0. The molecule has 1 aromatic rings. The van der Waals surface area contributed by atoms with E-state index in [1.54, 1.807) is 6.92 Å². The summed E-state index contributed by atoms with van der Waals surface area (Å²) in [5.41, 5.74) is -1.85. The van der Waals surface area contributed by atoms with Gasteiger partial charge in [0, 0.05) is 12.7 Å². The average molecular weight is 526 g/mol. The second-order valence-electron chi connectivity index (χ2n) is 6.50. The van der Waals surface area contributed by atoms with Crippen LogP contribution < -0.4 is 11.2 Å². The van der Waals surface area contributed by atoms with Crippen LogP contribution in [0, 0.1) is 0 Å². The van der Waals surface area contributed by atoms with Crippen molar-refractivity contribution in [3.63, 3.8) is 0 Å². The van der Waals surface area contributed by atoms with Gasteiger partial charge in [-0.2, -0.15) is 8.62 Å². The van der Waals surface area contributed by atoms with E-state index in [0.717, 1.165) is 10.8 Å². The van der Waals surface area contributed by atoms with E-state index in [0.29, 0.717) is 6.42 Å². The molecule has 2 heterocycles. The van der Waals surface area contributed by atoms with Crippen LogP contribution in [-0.2, 0) is 38.1 Å². The highest BCUT2D eigenvalue weighted by Gasteiger charge is 2.47. The number of aromatic amines is 1. The molecule has 32 heavy (non-hydrogen) atoms. The summed E-state index contributed by atoms with van der Waals surface area (Å²) < 4.78 is 51.6. The van der Waals surface area contributed by atoms with Crippen LogP contribution in [0.4, 0.5) is 0 Å². The average Bonchev–Trinajstić information content (AvgIpc) is 2.87. The standard InChI is InChI=1S/C12H21N2O15P3/c1-2-3-14-4-6(11(17)13-12(14)18)10-9(16)8(15)7(27-10)5-26-31(22,23)29-32(24,25)28-30(19,20)21/h4,7-10,15-16H,2-3,5H2,1H3,(H,22,23)(H,24,25)(H,13,17,18)(H2,19,20,21)/t7-,8-,9-,10+/m1/s1. The van der Waals surface area contributed by atoms with Gasteiger partial charge in [0.2, 0.25) is 0 Å². The maximum Gasteiger partial charge on any atom is 0.490 e. The number of phosphoric ester groups is 1. The minimum Gasteiger partial charge on any atom is -0.387 e. The van der Waals surface area contributed by atoms with Crippen molar-refractivity contribution in [2.75, 3.05) is 6.61 Å². The van der Waals surface area contributed by atoms with Gasteiger partial charge in [-0.3, -0.25) is 14.3 Å². The highest BCUT2D eigenvalue weighted by Crippen LogP contribution is 2.66. The molecule has 0 spiro atoms. The maximum absolute atomic E-state index is 12.1. The first-order valence-electron chi connectivity index (χ1n) is 8.69. The molecule has 2 rings (SSSR count). The van der Waals surface area contributed by atoms with Crippen molar-refractivity contribution in [1.82, 2.24) is 9.55 Å². The number of ether oxygens (including phenoxy) is 1. The highest BCUT2D eigenvalue weighted by atomic mass is 31.3. The molecular weight excluding hydrogens is 505 g/mol. The van der Waals surface area contributed by atoms with E-state index in [9.17, 15) is 38.4 Å². The van der Waals surface area contributed by atoms with Crippen LogP contribution >= 0.6 is 23.5 Å². The molecule has 1 aliphatic rings. The Balaban J connectivity index is 2.13. The van der Waals surface area contributed by atoms with Crippen molar-refractivity contribution in [1.29, 1.82) is 0 Å². The second-order valence-corrected chi connectivity index (χ2v) is 10.9. The molecule has 0 aliphatic carbocycles. The Morgan fingerprint density at radius 1 is 1.06 bits per heavy atom. The number of aromatic nitrogens is 2. The van der Waals surface area contributed by atoms with E-state index >= 15 is 0 Å². The van der Waals surface area contributed by atoms with Gasteiger partial charge in [-0.1, -0.05) is 6.92 Å². The van der Waals surface area contributed by atoms with E-state index < -0.39 is 65.7 Å². The fourth-order valence-electron chi connectivity index (χ4n) is 2.75. The number of nitrogens with zero attached hydrogens (tertiary/aromatic N) is 1. The Morgan fingerprint density at radius 3 is 2.25 bits per heavy atom. The molecule has 1 aliphatic heterocycles. The van der Waals surface area contributed by atoms with Crippen LogP contribution in [0.15, 0.2) is 15.8 Å². The van der Waals surface area contributed by atoms with Gasteiger partial charge in [-0.05, 0) is 6.42 Å². The van der Waals surface area contributed by atoms with Crippen LogP contribution in [0.5, 0.6) is 0 Å². The molecule has 0 bridgehead atoms. The van der Waals surface area contributed by atoms with Gasteiger partial charge >= 0.3 is 29.2 Å². The van der Waals surface area contributed by atoms with E-state index in [2.05, 4.69) is 13.1 Å². The third kappa shape index (κ3) is 7.23. The predicted octanol–water partition coefficient (Wildman–Crippen LogP) is -1.55. The van der Waals surface area contributed by atoms with Crippen LogP contribution in [0.1, 0.15) is 25.0 Å². The number of hydrogen-bond acceptors (Lipinski definition) is 11. The quantitative estimate of drug-likeness (QED) is 0.170. The van der Waals surface area contributed by atoms with Crippen molar-refractivity contribution in [3.05, 3.63) is 32.6 Å². The van der Waals surface area contributed by atoms with Gasteiger partial charge in [0.15, 0.2) is 0 Å². The van der Waals surface area contributed by atoms with Crippen molar-refractivity contribution >= 4 is 23.5 Å². The largest absolute Gasteiger partial charge is 0.490 e. The lowest BCUT2D eigenvalue weighted by Gasteiger charge is -2.19. The Morgan fingerprint density at radius 2 is 1.69 bits per heavy atom. The third-order valence-electron chi connectivity index (χ3n) is 3.99. The molecule has 17 nitrogen and oxygen atoms in total. The summed E-state index contributed by atoms with van der Waals surface area (Å²) in [5.74, 6) is 0. The predicted molar refractivity (Wildman–Crippen MR) is 101 cm³/mol. The first-order valence-corrected chi connectivity index (χ1v) is 13.2. The van der Waals surface area contributed by atoms with Crippen molar-refractivity contribution in [3.8, 4) is 0 Å². The number of aliphatic hydroxyl groups excluding tert-OH is 2. The molecule has 0 radical (unpaired) electrons. The zero-order valence-electron chi connectivity index (χ0n) is 16.2. The fraction of sp³-hybridized carbons (Fsp3) is 0.667. The number of H-pyrrole nitrogens is 1. The Labute approximate surface area is 178 Å². The molecule has 0 amide bonds. The highest BCUT2D eigenvalue weighted by molar-refractivity contribution is 7.66. The zero-order valence-corrected chi connectivity index (χ0v) is 18.8. The maximum atomic E-state index is 12.1. The lowest BCUT2D eigenvalue weighted by atomic mass is 10.0. The van der Waals surface area contributed by atoms with Gasteiger partial charge in [0.1, 0.15) is 24.4 Å². The van der Waals surface area contributed by atoms with Crippen LogP contribution in [-0.4, -0.2) is 64.3 Å². The number of aliphatic hydroxyl groups is 2. The Kier molecular flexibility index (Phi) is 8.57. The summed E-state index contributed by atoms with van der Waals surface area (Å²) >= 11 is 0. The first-order chi connectivity index (χ1) is 14.6. The summed E-state index contributed by atoms with van der Waals surface area (Å²) in [4.78, 5) is 61.5. The van der Waals surface area contributed by atoms with E-state index in [-0.39, 0.29) is 12.1 Å². The molecule has 0 saturated carbocycles. The van der Waals surface area contributed by atoms with Crippen LogP contribution in [0.25, 0.3) is 0 Å². The monoisotopic (exact) mass is 526 g/mol. The van der Waals surface area contributed by atoms with Crippen molar-refractivity contribution in [2.24, 2.45) is 0 Å². The number of phosphoric acid groups is 3.